The summed E-state index contributed by atoms with van der Waals surface area (Å²) < 4.78 is 15.9. The van der Waals surface area contributed by atoms with E-state index in [0.717, 1.165) is 12.1 Å². The fraction of sp³-hybridized carbons (Fsp3) is 0.364. The lowest BCUT2D eigenvalue weighted by Gasteiger charge is -2.30. The molecule has 0 spiro atoms. The number of hydrogen-bond donors (Lipinski definition) is 1. The molecule has 7 heteroatoms. The molecule has 0 unspecified atom stereocenters. The molecule has 0 saturated carbocycles. The van der Waals surface area contributed by atoms with Crippen molar-refractivity contribution < 1.29 is 23.8 Å². The Hall–Kier alpha value is -3.06. The van der Waals surface area contributed by atoms with Gasteiger partial charge in [-0.15, -0.1) is 0 Å². The van der Waals surface area contributed by atoms with Crippen molar-refractivity contribution >= 4 is 23.3 Å². The summed E-state index contributed by atoms with van der Waals surface area (Å²) >= 11 is 0. The molecule has 2 aromatic carbocycles. The predicted molar refractivity (Wildman–Crippen MR) is 111 cm³/mol. The number of methoxy groups -OCH3 is 1. The lowest BCUT2D eigenvalue weighted by atomic mass is 10.1. The average molecular weight is 398 g/mol. The lowest BCUT2D eigenvalue weighted by molar-refractivity contribution is 0.0504. The van der Waals surface area contributed by atoms with Crippen molar-refractivity contribution in [1.29, 1.82) is 0 Å². The summed E-state index contributed by atoms with van der Waals surface area (Å²) in [5.41, 5.74) is 2.26. The number of morpholine rings is 1. The van der Waals surface area contributed by atoms with E-state index in [1.807, 2.05) is 13.0 Å². The molecule has 1 aliphatic heterocycles. The maximum absolute atomic E-state index is 12.6. The van der Waals surface area contributed by atoms with E-state index in [4.69, 9.17) is 14.2 Å². The Bertz CT molecular complexity index is 845. The van der Waals surface area contributed by atoms with Crippen LogP contribution in [0.15, 0.2) is 42.5 Å². The first kappa shape index (κ1) is 20.7. The highest BCUT2D eigenvalue weighted by Crippen LogP contribution is 2.27. The molecular formula is C22H26N2O5. The maximum Gasteiger partial charge on any atom is 0.340 e. The Kier molecular flexibility index (Phi) is 7.08. The van der Waals surface area contributed by atoms with Gasteiger partial charge in [0.05, 0.1) is 38.2 Å². The molecular weight excluding hydrogens is 372 g/mol. The van der Waals surface area contributed by atoms with E-state index in [1.54, 1.807) is 43.5 Å². The largest absolute Gasteiger partial charge is 0.497 e. The standard InChI is InChI=1S/C22H26N2O5/c1-3-12-29-22(26)19-15-17(6-9-20(19)24-10-13-28-14-11-24)23-21(25)16-4-7-18(27-2)8-5-16/h4-9,15H,3,10-14H2,1-2H3,(H,23,25). The molecule has 0 atom stereocenters. The number of nitrogens with one attached hydrogen (secondary N) is 1. The first-order chi connectivity index (χ1) is 14.1. The molecule has 1 N–H and O–H groups in total. The van der Waals surface area contributed by atoms with E-state index in [1.165, 1.54) is 0 Å². The van der Waals surface area contributed by atoms with Crippen LogP contribution < -0.4 is 15.0 Å². The van der Waals surface area contributed by atoms with Gasteiger partial charge in [0.25, 0.3) is 5.91 Å². The van der Waals surface area contributed by atoms with Crippen LogP contribution in [-0.2, 0) is 9.47 Å². The molecule has 1 saturated heterocycles. The van der Waals surface area contributed by atoms with Crippen LogP contribution in [0.5, 0.6) is 5.75 Å². The van der Waals surface area contributed by atoms with Gasteiger partial charge in [0, 0.05) is 24.3 Å². The van der Waals surface area contributed by atoms with Gasteiger partial charge < -0.3 is 24.4 Å². The molecule has 1 amide bonds. The molecule has 3 rings (SSSR count). The maximum atomic E-state index is 12.6. The number of carbonyl (C=O) groups is 2. The van der Waals surface area contributed by atoms with Crippen LogP contribution in [0, 0.1) is 0 Å². The summed E-state index contributed by atoms with van der Waals surface area (Å²) in [4.78, 5) is 27.3. The number of rotatable bonds is 7. The SMILES string of the molecule is CCCOC(=O)c1cc(NC(=O)c2ccc(OC)cc2)ccc1N1CCOCC1. The van der Waals surface area contributed by atoms with Crippen molar-refractivity contribution in [3.05, 3.63) is 53.6 Å². The fourth-order valence-corrected chi connectivity index (χ4v) is 3.08. The van der Waals surface area contributed by atoms with Crippen molar-refractivity contribution in [2.24, 2.45) is 0 Å². The summed E-state index contributed by atoms with van der Waals surface area (Å²) in [5.74, 6) is 0.0194. The second kappa shape index (κ2) is 9.93. The van der Waals surface area contributed by atoms with E-state index in [9.17, 15) is 9.59 Å². The average Bonchev–Trinajstić information content (AvgIpc) is 2.78. The highest BCUT2D eigenvalue weighted by molar-refractivity contribution is 6.05. The van der Waals surface area contributed by atoms with Gasteiger partial charge >= 0.3 is 5.97 Å². The number of hydrogen-bond acceptors (Lipinski definition) is 6. The fourth-order valence-electron chi connectivity index (χ4n) is 3.08. The van der Waals surface area contributed by atoms with Crippen LogP contribution in [0.3, 0.4) is 0 Å². The summed E-state index contributed by atoms with van der Waals surface area (Å²) in [6, 6.07) is 12.1. The molecule has 29 heavy (non-hydrogen) atoms. The second-order valence-electron chi connectivity index (χ2n) is 6.65. The van der Waals surface area contributed by atoms with Crippen LogP contribution in [0.1, 0.15) is 34.1 Å². The third-order valence-electron chi connectivity index (χ3n) is 4.62. The highest BCUT2D eigenvalue weighted by atomic mass is 16.5. The monoisotopic (exact) mass is 398 g/mol. The van der Waals surface area contributed by atoms with E-state index in [0.29, 0.717) is 55.5 Å². The normalized spacial score (nSPS) is 13.7. The van der Waals surface area contributed by atoms with Crippen molar-refractivity contribution in [2.45, 2.75) is 13.3 Å². The zero-order valence-corrected chi connectivity index (χ0v) is 16.8. The van der Waals surface area contributed by atoms with Crippen molar-refractivity contribution in [3.63, 3.8) is 0 Å². The first-order valence-corrected chi connectivity index (χ1v) is 9.71. The molecule has 1 heterocycles. The number of carbonyl (C=O) groups excluding carboxylic acids is 2. The predicted octanol–water partition coefficient (Wildman–Crippen LogP) is 3.35. The molecule has 7 nitrogen and oxygen atoms in total. The lowest BCUT2D eigenvalue weighted by Crippen LogP contribution is -2.37. The van der Waals surface area contributed by atoms with Crippen molar-refractivity contribution in [1.82, 2.24) is 0 Å². The minimum absolute atomic E-state index is 0.264. The molecule has 1 fully saturated rings. The van der Waals surface area contributed by atoms with Crippen LogP contribution in [-0.4, -0.2) is 51.9 Å². The van der Waals surface area contributed by atoms with Crippen LogP contribution in [0.2, 0.25) is 0 Å². The van der Waals surface area contributed by atoms with Gasteiger partial charge in [0.2, 0.25) is 0 Å². The van der Waals surface area contributed by atoms with E-state index < -0.39 is 5.97 Å². The zero-order valence-electron chi connectivity index (χ0n) is 16.8. The Balaban J connectivity index is 1.82. The zero-order chi connectivity index (χ0) is 20.6. The summed E-state index contributed by atoms with van der Waals surface area (Å²) in [6.45, 7) is 4.92. The Morgan fingerprint density at radius 1 is 1.10 bits per heavy atom. The van der Waals surface area contributed by atoms with E-state index >= 15 is 0 Å². The van der Waals surface area contributed by atoms with Gasteiger partial charge in [0.15, 0.2) is 0 Å². The van der Waals surface area contributed by atoms with Gasteiger partial charge in [-0.05, 0) is 48.9 Å². The minimum Gasteiger partial charge on any atom is -0.497 e. The highest BCUT2D eigenvalue weighted by Gasteiger charge is 2.21. The van der Waals surface area contributed by atoms with Gasteiger partial charge in [-0.2, -0.15) is 0 Å². The van der Waals surface area contributed by atoms with E-state index in [2.05, 4.69) is 10.2 Å². The molecule has 0 radical (unpaired) electrons. The second-order valence-corrected chi connectivity index (χ2v) is 6.65. The molecule has 0 bridgehead atoms. The van der Waals surface area contributed by atoms with Gasteiger partial charge in [0.1, 0.15) is 5.75 Å². The third-order valence-corrected chi connectivity index (χ3v) is 4.62. The van der Waals surface area contributed by atoms with Crippen LogP contribution in [0.4, 0.5) is 11.4 Å². The van der Waals surface area contributed by atoms with Crippen molar-refractivity contribution in [2.75, 3.05) is 50.2 Å². The van der Waals surface area contributed by atoms with E-state index in [-0.39, 0.29) is 5.91 Å². The van der Waals surface area contributed by atoms with Gasteiger partial charge in [-0.3, -0.25) is 4.79 Å². The van der Waals surface area contributed by atoms with Gasteiger partial charge in [-0.25, -0.2) is 4.79 Å². The molecule has 1 aliphatic rings. The number of anilines is 2. The quantitative estimate of drug-likeness (QED) is 0.721. The van der Waals surface area contributed by atoms with Crippen LogP contribution in [0.25, 0.3) is 0 Å². The number of esters is 1. The number of ether oxygens (including phenoxy) is 3. The Labute approximate surface area is 170 Å². The van der Waals surface area contributed by atoms with Crippen LogP contribution >= 0.6 is 0 Å². The Morgan fingerprint density at radius 2 is 1.83 bits per heavy atom. The Morgan fingerprint density at radius 3 is 2.48 bits per heavy atom. The summed E-state index contributed by atoms with van der Waals surface area (Å²) in [7, 11) is 1.57. The van der Waals surface area contributed by atoms with Crippen molar-refractivity contribution in [3.8, 4) is 5.75 Å². The summed E-state index contributed by atoms with van der Waals surface area (Å²) in [5, 5.41) is 2.85. The number of nitrogens with zero attached hydrogens (tertiary/aromatic N) is 1. The molecule has 154 valence electrons. The first-order valence-electron chi connectivity index (χ1n) is 9.71. The smallest absolute Gasteiger partial charge is 0.340 e. The number of benzene rings is 2. The topological polar surface area (TPSA) is 77.1 Å². The molecule has 2 aromatic rings. The minimum atomic E-state index is -0.395. The molecule has 0 aliphatic carbocycles. The van der Waals surface area contributed by atoms with Gasteiger partial charge in [-0.1, -0.05) is 6.92 Å². The molecule has 0 aromatic heterocycles. The third kappa shape index (κ3) is 5.26. The number of amides is 1. The summed E-state index contributed by atoms with van der Waals surface area (Å²) in [6.07, 6.45) is 0.743.